The number of carbonyl (C=O) groups is 1. The number of aliphatic hydroxyl groups is 1. The van der Waals surface area contributed by atoms with Crippen molar-refractivity contribution in [3.63, 3.8) is 0 Å². The second-order valence-electron chi connectivity index (χ2n) is 8.69. The van der Waals surface area contributed by atoms with Gasteiger partial charge in [0.05, 0.1) is 0 Å². The zero-order valence-electron chi connectivity index (χ0n) is 20.0. The molecule has 0 aliphatic heterocycles. The van der Waals surface area contributed by atoms with Gasteiger partial charge in [-0.1, -0.05) is 0 Å². The van der Waals surface area contributed by atoms with E-state index < -0.39 is 16.1 Å². The number of fused-ring (bicyclic) bond motifs is 3. The number of hydrogen-bond donors (Lipinski definition) is 4. The number of rotatable bonds is 10. The standard InChI is InChI=1S/C26H28AsN2O6S/c1-16(30)28-20-4-6-22-18(12-20)11-19-13-21(5-7-23(19)22)35-10-9-27-15-26(32)17-3-8-25(31)24(14-17)29-36(2,33)34/h3-8,12-14,26,29,31-32H,9-11,15H2,1-2H3,(H,28,30). The summed E-state index contributed by atoms with van der Waals surface area (Å²) in [4.78, 5) is 11.3. The van der Waals surface area contributed by atoms with E-state index in [-0.39, 0.29) is 33.1 Å². The number of aliphatic hydroxyl groups excluding tert-OH is 1. The number of phenolic OH excluding ortho intramolecular Hbond substituents is 1. The van der Waals surface area contributed by atoms with Crippen LogP contribution in [0.4, 0.5) is 11.4 Å². The summed E-state index contributed by atoms with van der Waals surface area (Å²) < 4.78 is 31.1. The molecule has 1 amide bonds. The number of phenols is 1. The van der Waals surface area contributed by atoms with Crippen molar-refractivity contribution in [2.45, 2.75) is 29.9 Å². The Morgan fingerprint density at radius 3 is 2.53 bits per heavy atom. The first kappa shape index (κ1) is 26.1. The number of nitrogens with one attached hydrogen (secondary N) is 2. The predicted octanol–water partition coefficient (Wildman–Crippen LogP) is 3.95. The molecule has 4 N–H and O–H groups in total. The summed E-state index contributed by atoms with van der Waals surface area (Å²) in [6.45, 7) is 2.04. The van der Waals surface area contributed by atoms with Gasteiger partial charge in [-0.05, 0) is 0 Å². The zero-order valence-corrected chi connectivity index (χ0v) is 22.7. The first-order valence-electron chi connectivity index (χ1n) is 11.4. The van der Waals surface area contributed by atoms with Crippen LogP contribution in [-0.4, -0.2) is 53.2 Å². The minimum absolute atomic E-state index is 0.0544. The summed E-state index contributed by atoms with van der Waals surface area (Å²) in [5.41, 5.74) is 6.13. The van der Waals surface area contributed by atoms with E-state index in [2.05, 4.69) is 22.2 Å². The van der Waals surface area contributed by atoms with E-state index in [1.54, 1.807) is 6.07 Å². The van der Waals surface area contributed by atoms with Gasteiger partial charge in [0.1, 0.15) is 0 Å². The number of aromatic hydroxyl groups is 1. The summed E-state index contributed by atoms with van der Waals surface area (Å²) >= 11 is -0.195. The molecule has 1 aliphatic rings. The predicted molar refractivity (Wildman–Crippen MR) is 141 cm³/mol. The molecule has 1 aliphatic carbocycles. The van der Waals surface area contributed by atoms with Crippen LogP contribution in [0.3, 0.4) is 0 Å². The Morgan fingerprint density at radius 1 is 1.08 bits per heavy atom. The number of benzene rings is 3. The molecular weight excluding hydrogens is 543 g/mol. The van der Waals surface area contributed by atoms with Crippen LogP contribution in [0.2, 0.25) is 10.4 Å². The van der Waals surface area contributed by atoms with E-state index in [1.165, 1.54) is 41.3 Å². The Morgan fingerprint density at radius 2 is 1.81 bits per heavy atom. The molecule has 0 saturated carbocycles. The van der Waals surface area contributed by atoms with Crippen molar-refractivity contribution in [2.75, 3.05) is 22.9 Å². The molecule has 10 heteroatoms. The molecule has 0 saturated heterocycles. The van der Waals surface area contributed by atoms with Crippen LogP contribution in [0.5, 0.6) is 11.5 Å². The molecule has 1 unspecified atom stereocenters. The van der Waals surface area contributed by atoms with Gasteiger partial charge in [-0.2, -0.15) is 0 Å². The summed E-state index contributed by atoms with van der Waals surface area (Å²) in [6.07, 6.45) is 1.05. The molecular formula is C26H28AsN2O6S. The van der Waals surface area contributed by atoms with Gasteiger partial charge in [-0.25, -0.2) is 0 Å². The third kappa shape index (κ3) is 6.60. The van der Waals surface area contributed by atoms with E-state index in [0.717, 1.165) is 29.3 Å². The number of anilines is 2. The third-order valence-corrected chi connectivity index (χ3v) is 8.60. The molecule has 189 valence electrons. The SMILES string of the molecule is CC(=O)Nc1ccc2c(c1)Cc1cc(OCC[As]CC(O)c3ccc(O)c(NS(C)(=O)=O)c3)ccc1-2. The van der Waals surface area contributed by atoms with Gasteiger partial charge in [0, 0.05) is 6.92 Å². The van der Waals surface area contributed by atoms with Gasteiger partial charge in [0.15, 0.2) is 0 Å². The summed E-state index contributed by atoms with van der Waals surface area (Å²) in [5, 5.41) is 24.6. The fourth-order valence-corrected chi connectivity index (χ4v) is 6.51. The average molecular weight is 572 g/mol. The Bertz CT molecular complexity index is 1390. The number of hydrogen-bond acceptors (Lipinski definition) is 6. The van der Waals surface area contributed by atoms with Crippen LogP contribution < -0.4 is 14.8 Å². The van der Waals surface area contributed by atoms with Crippen molar-refractivity contribution in [1.29, 1.82) is 0 Å². The fraction of sp³-hybridized carbons (Fsp3) is 0.269. The van der Waals surface area contributed by atoms with E-state index in [4.69, 9.17) is 4.74 Å². The quantitative estimate of drug-likeness (QED) is 0.130. The van der Waals surface area contributed by atoms with E-state index >= 15 is 0 Å². The Kier molecular flexibility index (Phi) is 7.93. The maximum atomic E-state index is 11.5. The normalized spacial score (nSPS) is 13.3. The topological polar surface area (TPSA) is 125 Å². The van der Waals surface area contributed by atoms with Crippen LogP contribution in [-0.2, 0) is 21.2 Å². The van der Waals surface area contributed by atoms with Gasteiger partial charge in [-0.15, -0.1) is 0 Å². The number of sulfonamides is 1. The maximum absolute atomic E-state index is 11.5. The number of carbonyl (C=O) groups excluding carboxylic acids is 1. The van der Waals surface area contributed by atoms with Crippen LogP contribution >= 0.6 is 0 Å². The first-order chi connectivity index (χ1) is 17.1. The fourth-order valence-electron chi connectivity index (χ4n) is 4.15. The molecule has 0 aromatic heterocycles. The van der Waals surface area contributed by atoms with E-state index in [9.17, 15) is 23.4 Å². The van der Waals surface area contributed by atoms with Crippen LogP contribution in [0.15, 0.2) is 54.6 Å². The van der Waals surface area contributed by atoms with Gasteiger partial charge < -0.3 is 0 Å². The molecule has 0 fully saturated rings. The van der Waals surface area contributed by atoms with Crippen LogP contribution in [0.1, 0.15) is 29.7 Å². The molecule has 0 bridgehead atoms. The molecule has 3 aromatic carbocycles. The second-order valence-corrected chi connectivity index (χ2v) is 13.1. The zero-order chi connectivity index (χ0) is 25.9. The molecule has 0 heterocycles. The molecule has 36 heavy (non-hydrogen) atoms. The van der Waals surface area contributed by atoms with Crippen molar-refractivity contribution in [3.8, 4) is 22.6 Å². The molecule has 3 aromatic rings. The van der Waals surface area contributed by atoms with Gasteiger partial charge in [0.25, 0.3) is 0 Å². The van der Waals surface area contributed by atoms with Crippen molar-refractivity contribution in [3.05, 3.63) is 71.3 Å². The minimum atomic E-state index is -3.54. The van der Waals surface area contributed by atoms with Crippen molar-refractivity contribution >= 4 is 43.1 Å². The first-order valence-corrected chi connectivity index (χ1v) is 15.9. The molecule has 4 rings (SSSR count). The monoisotopic (exact) mass is 571 g/mol. The van der Waals surface area contributed by atoms with E-state index in [1.807, 2.05) is 24.3 Å². The third-order valence-electron chi connectivity index (χ3n) is 5.69. The van der Waals surface area contributed by atoms with Crippen LogP contribution in [0.25, 0.3) is 11.1 Å². The number of ether oxygens (including phenoxy) is 1. The Hall–Kier alpha value is -3.00. The van der Waals surface area contributed by atoms with Gasteiger partial charge in [0.2, 0.25) is 0 Å². The molecule has 0 spiro atoms. The summed E-state index contributed by atoms with van der Waals surface area (Å²) in [6, 6.07) is 16.5. The van der Waals surface area contributed by atoms with E-state index in [0.29, 0.717) is 17.4 Å². The molecule has 8 nitrogen and oxygen atoms in total. The number of amides is 1. The van der Waals surface area contributed by atoms with Gasteiger partial charge >= 0.3 is 206 Å². The Balaban J connectivity index is 1.27. The van der Waals surface area contributed by atoms with Crippen molar-refractivity contribution < 1.29 is 28.2 Å². The van der Waals surface area contributed by atoms with Crippen molar-refractivity contribution in [1.82, 2.24) is 0 Å². The molecule has 1 radical (unpaired) electrons. The Labute approximate surface area is 217 Å². The molecule has 1 atom stereocenters. The summed E-state index contributed by atoms with van der Waals surface area (Å²) in [7, 11) is -3.54. The second kappa shape index (κ2) is 10.9. The van der Waals surface area contributed by atoms with Crippen LogP contribution in [0, 0.1) is 0 Å². The average Bonchev–Trinajstić information content (AvgIpc) is 3.15. The summed E-state index contributed by atoms with van der Waals surface area (Å²) in [5.74, 6) is 0.525. The van der Waals surface area contributed by atoms with Crippen molar-refractivity contribution in [2.24, 2.45) is 0 Å². The van der Waals surface area contributed by atoms with Gasteiger partial charge in [-0.3, -0.25) is 4.79 Å².